The first-order valence-electron chi connectivity index (χ1n) is 8.55. The summed E-state index contributed by atoms with van der Waals surface area (Å²) < 4.78 is 1.82. The molecule has 0 spiro atoms. The fourth-order valence-electron chi connectivity index (χ4n) is 3.02. The highest BCUT2D eigenvalue weighted by Gasteiger charge is 2.37. The van der Waals surface area contributed by atoms with Gasteiger partial charge >= 0.3 is 6.03 Å². The van der Waals surface area contributed by atoms with Gasteiger partial charge in [-0.25, -0.2) is 9.69 Å². The number of aromatic nitrogens is 1. The molecule has 29 heavy (non-hydrogen) atoms. The first-order valence-corrected chi connectivity index (χ1v) is 9.30. The van der Waals surface area contributed by atoms with Gasteiger partial charge in [0.15, 0.2) is 0 Å². The van der Waals surface area contributed by atoms with Crippen LogP contribution in [0.4, 0.5) is 10.5 Å². The van der Waals surface area contributed by atoms with Crippen molar-refractivity contribution in [2.75, 3.05) is 4.90 Å². The predicted molar refractivity (Wildman–Crippen MR) is 111 cm³/mol. The Bertz CT molecular complexity index is 1170. The van der Waals surface area contributed by atoms with Crippen molar-refractivity contribution in [2.24, 2.45) is 0 Å². The monoisotopic (exact) mass is 425 g/mol. The third-order valence-electron chi connectivity index (χ3n) is 4.36. The van der Waals surface area contributed by atoms with Crippen LogP contribution in [0.1, 0.15) is 5.69 Å². The number of para-hydroxylation sites is 1. The van der Waals surface area contributed by atoms with Crippen LogP contribution in [0.25, 0.3) is 11.8 Å². The van der Waals surface area contributed by atoms with Crippen molar-refractivity contribution in [3.05, 3.63) is 88.2 Å². The molecule has 1 aliphatic rings. The molecule has 0 bridgehead atoms. The van der Waals surface area contributed by atoms with Crippen molar-refractivity contribution in [1.82, 2.24) is 9.88 Å². The SMILES string of the molecule is O=C1NC(=O)N(c2ccc(Cl)cc2Cl)C(=O)/C1=C/c1cccn1-c1ccccc1. The van der Waals surface area contributed by atoms with E-state index in [2.05, 4.69) is 5.32 Å². The van der Waals surface area contributed by atoms with E-state index in [0.717, 1.165) is 10.6 Å². The van der Waals surface area contributed by atoms with Gasteiger partial charge in [-0.3, -0.25) is 14.9 Å². The summed E-state index contributed by atoms with van der Waals surface area (Å²) in [5.74, 6) is -1.55. The van der Waals surface area contributed by atoms with Crippen molar-refractivity contribution in [3.63, 3.8) is 0 Å². The molecular formula is C21H13Cl2N3O3. The minimum absolute atomic E-state index is 0.113. The Labute approximate surface area is 175 Å². The number of anilines is 1. The molecule has 0 radical (unpaired) electrons. The molecule has 4 rings (SSSR count). The Hall–Kier alpha value is -3.35. The largest absolute Gasteiger partial charge is 0.335 e. The van der Waals surface area contributed by atoms with E-state index in [1.807, 2.05) is 41.1 Å². The second kappa shape index (κ2) is 7.58. The van der Waals surface area contributed by atoms with E-state index in [4.69, 9.17) is 23.2 Å². The number of rotatable bonds is 3. The zero-order valence-electron chi connectivity index (χ0n) is 14.8. The highest BCUT2D eigenvalue weighted by Crippen LogP contribution is 2.31. The standard InChI is InChI=1S/C21H13Cl2N3O3/c22-13-8-9-18(17(23)11-13)26-20(28)16(19(27)24-21(26)29)12-15-7-4-10-25(15)14-5-2-1-3-6-14/h1-12H,(H,24,27,29)/b16-12+. The van der Waals surface area contributed by atoms with Crippen LogP contribution in [0.15, 0.2) is 72.4 Å². The molecular weight excluding hydrogens is 413 g/mol. The van der Waals surface area contributed by atoms with Gasteiger partial charge in [-0.05, 0) is 48.5 Å². The Morgan fingerprint density at radius 3 is 2.38 bits per heavy atom. The summed E-state index contributed by atoms with van der Waals surface area (Å²) in [5.41, 5.74) is 1.41. The lowest BCUT2D eigenvalue weighted by molar-refractivity contribution is -0.122. The number of imide groups is 2. The number of halogens is 2. The number of nitrogens with zero attached hydrogens (tertiary/aromatic N) is 2. The fraction of sp³-hybridized carbons (Fsp3) is 0. The average molecular weight is 426 g/mol. The third-order valence-corrected chi connectivity index (χ3v) is 4.90. The second-order valence-electron chi connectivity index (χ2n) is 6.19. The number of carbonyl (C=O) groups excluding carboxylic acids is 3. The normalized spacial score (nSPS) is 15.7. The number of amides is 4. The molecule has 1 N–H and O–H groups in total. The van der Waals surface area contributed by atoms with E-state index >= 15 is 0 Å². The molecule has 1 saturated heterocycles. The fourth-order valence-corrected chi connectivity index (χ4v) is 3.52. The molecule has 8 heteroatoms. The highest BCUT2D eigenvalue weighted by molar-refractivity contribution is 6.42. The molecule has 144 valence electrons. The summed E-state index contributed by atoms with van der Waals surface area (Å²) in [6.45, 7) is 0. The van der Waals surface area contributed by atoms with Crippen LogP contribution in [-0.4, -0.2) is 22.4 Å². The maximum atomic E-state index is 13.0. The van der Waals surface area contributed by atoms with Gasteiger partial charge in [-0.15, -0.1) is 0 Å². The van der Waals surface area contributed by atoms with Crippen LogP contribution in [-0.2, 0) is 9.59 Å². The molecule has 2 heterocycles. The Kier molecular flexibility index (Phi) is 4.96. The van der Waals surface area contributed by atoms with Gasteiger partial charge < -0.3 is 4.57 Å². The van der Waals surface area contributed by atoms with Crippen molar-refractivity contribution in [2.45, 2.75) is 0 Å². The molecule has 0 aliphatic carbocycles. The topological polar surface area (TPSA) is 71.4 Å². The maximum Gasteiger partial charge on any atom is 0.335 e. The first-order chi connectivity index (χ1) is 14.0. The summed E-state index contributed by atoms with van der Waals surface area (Å²) in [6, 6.07) is 16.5. The van der Waals surface area contributed by atoms with Gasteiger partial charge in [0.2, 0.25) is 0 Å². The van der Waals surface area contributed by atoms with Crippen LogP contribution >= 0.6 is 23.2 Å². The van der Waals surface area contributed by atoms with Crippen molar-refractivity contribution >= 4 is 52.8 Å². The number of nitrogens with one attached hydrogen (secondary N) is 1. The molecule has 0 atom stereocenters. The lowest BCUT2D eigenvalue weighted by Gasteiger charge is -2.27. The van der Waals surface area contributed by atoms with E-state index in [9.17, 15) is 14.4 Å². The first kappa shape index (κ1) is 19.0. The molecule has 0 unspecified atom stereocenters. The van der Waals surface area contributed by atoms with E-state index in [1.54, 1.807) is 12.1 Å². The van der Waals surface area contributed by atoms with Gasteiger partial charge in [0.25, 0.3) is 11.8 Å². The summed E-state index contributed by atoms with van der Waals surface area (Å²) in [6.07, 6.45) is 3.25. The zero-order chi connectivity index (χ0) is 20.5. The molecule has 1 fully saturated rings. The van der Waals surface area contributed by atoms with E-state index in [1.165, 1.54) is 24.3 Å². The van der Waals surface area contributed by atoms with Crippen LogP contribution in [0, 0.1) is 0 Å². The smallest absolute Gasteiger partial charge is 0.317 e. The Morgan fingerprint density at radius 2 is 1.66 bits per heavy atom. The van der Waals surface area contributed by atoms with Gasteiger partial charge in [0, 0.05) is 22.6 Å². The molecule has 2 aromatic carbocycles. The van der Waals surface area contributed by atoms with E-state index < -0.39 is 17.8 Å². The van der Waals surface area contributed by atoms with E-state index in [0.29, 0.717) is 10.7 Å². The summed E-state index contributed by atoms with van der Waals surface area (Å²) >= 11 is 12.1. The van der Waals surface area contributed by atoms with Crippen molar-refractivity contribution in [3.8, 4) is 5.69 Å². The second-order valence-corrected chi connectivity index (χ2v) is 7.04. The van der Waals surface area contributed by atoms with Gasteiger partial charge in [0.05, 0.1) is 10.7 Å². The van der Waals surface area contributed by atoms with Crippen LogP contribution < -0.4 is 10.2 Å². The lowest BCUT2D eigenvalue weighted by Crippen LogP contribution is -2.54. The van der Waals surface area contributed by atoms with Crippen LogP contribution in [0.2, 0.25) is 10.0 Å². The number of hydrogen-bond acceptors (Lipinski definition) is 3. The van der Waals surface area contributed by atoms with Crippen molar-refractivity contribution < 1.29 is 14.4 Å². The van der Waals surface area contributed by atoms with Gasteiger partial charge in [0.1, 0.15) is 5.57 Å². The third kappa shape index (κ3) is 3.55. The number of barbiturate groups is 1. The maximum absolute atomic E-state index is 13.0. The zero-order valence-corrected chi connectivity index (χ0v) is 16.3. The van der Waals surface area contributed by atoms with E-state index in [-0.39, 0.29) is 16.3 Å². The average Bonchev–Trinajstić information content (AvgIpc) is 3.15. The number of urea groups is 1. The quantitative estimate of drug-likeness (QED) is 0.497. The highest BCUT2D eigenvalue weighted by atomic mass is 35.5. The number of carbonyl (C=O) groups is 3. The Balaban J connectivity index is 1.77. The van der Waals surface area contributed by atoms with Crippen LogP contribution in [0.3, 0.4) is 0 Å². The number of hydrogen-bond donors (Lipinski definition) is 1. The van der Waals surface area contributed by atoms with Crippen molar-refractivity contribution in [1.29, 1.82) is 0 Å². The minimum Gasteiger partial charge on any atom is -0.317 e. The summed E-state index contributed by atoms with van der Waals surface area (Å²) in [5, 5.41) is 2.65. The molecule has 4 amide bonds. The number of benzene rings is 2. The molecule has 3 aromatic rings. The predicted octanol–water partition coefficient (Wildman–Crippen LogP) is 4.45. The summed E-state index contributed by atoms with van der Waals surface area (Å²) in [7, 11) is 0. The minimum atomic E-state index is -0.875. The van der Waals surface area contributed by atoms with Gasteiger partial charge in [-0.2, -0.15) is 0 Å². The summed E-state index contributed by atoms with van der Waals surface area (Å²) in [4.78, 5) is 38.6. The Morgan fingerprint density at radius 1 is 0.897 bits per heavy atom. The van der Waals surface area contributed by atoms with Gasteiger partial charge in [-0.1, -0.05) is 41.4 Å². The van der Waals surface area contributed by atoms with Crippen LogP contribution in [0.5, 0.6) is 0 Å². The molecule has 0 saturated carbocycles. The molecule has 1 aliphatic heterocycles. The molecule has 1 aromatic heterocycles. The molecule has 6 nitrogen and oxygen atoms in total. The lowest BCUT2D eigenvalue weighted by atomic mass is 10.1.